The van der Waals surface area contributed by atoms with Gasteiger partial charge in [0.05, 0.1) is 4.90 Å². The van der Waals surface area contributed by atoms with Gasteiger partial charge in [-0.1, -0.05) is 0 Å². The van der Waals surface area contributed by atoms with Crippen LogP contribution in [0.2, 0.25) is 0 Å². The summed E-state index contributed by atoms with van der Waals surface area (Å²) in [6, 6.07) is 8.36. The molecule has 0 saturated carbocycles. The summed E-state index contributed by atoms with van der Waals surface area (Å²) < 4.78 is 22.8. The number of anilines is 3. The summed E-state index contributed by atoms with van der Waals surface area (Å²) in [5.41, 5.74) is 0.767. The van der Waals surface area contributed by atoms with Crippen molar-refractivity contribution in [1.82, 2.24) is 9.97 Å². The molecular formula is C14H18N4O2S. The first kappa shape index (κ1) is 15.2. The van der Waals surface area contributed by atoms with E-state index in [2.05, 4.69) is 20.6 Å². The van der Waals surface area contributed by atoms with E-state index in [0.29, 0.717) is 16.5 Å². The number of hydrogen-bond donors (Lipinski definition) is 2. The molecule has 0 saturated heterocycles. The van der Waals surface area contributed by atoms with Gasteiger partial charge in [0.2, 0.25) is 0 Å². The summed E-state index contributed by atoms with van der Waals surface area (Å²) in [7, 11) is -3.18. The maximum atomic E-state index is 11.4. The minimum atomic E-state index is -3.18. The van der Waals surface area contributed by atoms with Crippen LogP contribution in [-0.4, -0.2) is 31.2 Å². The number of sulfone groups is 1. The van der Waals surface area contributed by atoms with Crippen LogP contribution < -0.4 is 10.6 Å². The van der Waals surface area contributed by atoms with Crippen molar-refractivity contribution in [1.29, 1.82) is 0 Å². The number of benzene rings is 1. The highest BCUT2D eigenvalue weighted by Gasteiger charge is 2.07. The van der Waals surface area contributed by atoms with Crippen molar-refractivity contribution in [2.75, 3.05) is 23.4 Å². The molecule has 6 nitrogen and oxygen atoms in total. The maximum Gasteiger partial charge on any atom is 0.175 e. The Bertz CT molecular complexity index is 727. The number of nitrogens with one attached hydrogen (secondary N) is 2. The van der Waals surface area contributed by atoms with E-state index in [-0.39, 0.29) is 0 Å². The van der Waals surface area contributed by atoms with Crippen molar-refractivity contribution < 1.29 is 8.42 Å². The van der Waals surface area contributed by atoms with Gasteiger partial charge in [0, 0.05) is 24.6 Å². The number of nitrogens with zero attached hydrogens (tertiary/aromatic N) is 2. The Morgan fingerprint density at radius 2 is 1.71 bits per heavy atom. The van der Waals surface area contributed by atoms with E-state index in [0.717, 1.165) is 18.1 Å². The van der Waals surface area contributed by atoms with E-state index in [4.69, 9.17) is 0 Å². The first-order valence-corrected chi connectivity index (χ1v) is 8.44. The average Bonchev–Trinajstić information content (AvgIpc) is 2.38. The van der Waals surface area contributed by atoms with Crippen molar-refractivity contribution in [2.24, 2.45) is 0 Å². The van der Waals surface area contributed by atoms with Crippen molar-refractivity contribution in [3.05, 3.63) is 36.2 Å². The predicted octanol–water partition coefficient (Wildman–Crippen LogP) is 2.36. The molecule has 1 aromatic heterocycles. The van der Waals surface area contributed by atoms with Crippen LogP contribution in [0, 0.1) is 6.92 Å². The van der Waals surface area contributed by atoms with E-state index in [1.165, 1.54) is 6.26 Å². The standard InChI is InChI=1S/C14H18N4O2S/c1-4-15-13-9-14(17-10(2)16-13)18-11-5-7-12(8-6-11)21(3,19)20/h5-9H,4H2,1-3H3,(H2,15,16,17,18). The Balaban J connectivity index is 2.22. The van der Waals surface area contributed by atoms with Gasteiger partial charge in [-0.3, -0.25) is 0 Å². The minimum Gasteiger partial charge on any atom is -0.370 e. The van der Waals surface area contributed by atoms with Crippen molar-refractivity contribution in [3.63, 3.8) is 0 Å². The Morgan fingerprint density at radius 1 is 1.10 bits per heavy atom. The lowest BCUT2D eigenvalue weighted by Gasteiger charge is -2.09. The van der Waals surface area contributed by atoms with Crippen LogP contribution in [0.25, 0.3) is 0 Å². The lowest BCUT2D eigenvalue weighted by atomic mass is 10.3. The Labute approximate surface area is 124 Å². The fourth-order valence-electron chi connectivity index (χ4n) is 1.84. The second-order valence-electron chi connectivity index (χ2n) is 4.64. The van der Waals surface area contributed by atoms with Gasteiger partial charge in [-0.25, -0.2) is 18.4 Å². The van der Waals surface area contributed by atoms with Gasteiger partial charge in [-0.2, -0.15) is 0 Å². The van der Waals surface area contributed by atoms with Crippen LogP contribution in [0.1, 0.15) is 12.7 Å². The SMILES string of the molecule is CCNc1cc(Nc2ccc(S(C)(=O)=O)cc2)nc(C)n1. The minimum absolute atomic E-state index is 0.292. The third-order valence-electron chi connectivity index (χ3n) is 2.75. The monoisotopic (exact) mass is 306 g/mol. The molecule has 2 N–H and O–H groups in total. The fourth-order valence-corrected chi connectivity index (χ4v) is 2.47. The average molecular weight is 306 g/mol. The van der Waals surface area contributed by atoms with Crippen LogP contribution in [0.4, 0.5) is 17.3 Å². The molecular weight excluding hydrogens is 288 g/mol. The normalized spacial score (nSPS) is 11.2. The van der Waals surface area contributed by atoms with Crippen molar-refractivity contribution in [3.8, 4) is 0 Å². The largest absolute Gasteiger partial charge is 0.370 e. The quantitative estimate of drug-likeness (QED) is 0.882. The maximum absolute atomic E-state index is 11.4. The van der Waals surface area contributed by atoms with E-state index in [1.807, 2.05) is 13.8 Å². The van der Waals surface area contributed by atoms with Crippen molar-refractivity contribution >= 4 is 27.2 Å². The molecule has 21 heavy (non-hydrogen) atoms. The number of aromatic nitrogens is 2. The van der Waals surface area contributed by atoms with Crippen molar-refractivity contribution in [2.45, 2.75) is 18.7 Å². The highest BCUT2D eigenvalue weighted by Crippen LogP contribution is 2.19. The molecule has 1 heterocycles. The first-order valence-electron chi connectivity index (χ1n) is 6.55. The Morgan fingerprint density at radius 3 is 2.29 bits per heavy atom. The van der Waals surface area contributed by atoms with Gasteiger partial charge < -0.3 is 10.6 Å². The third kappa shape index (κ3) is 4.16. The molecule has 0 aliphatic rings. The predicted molar refractivity (Wildman–Crippen MR) is 83.8 cm³/mol. The molecule has 2 aromatic rings. The molecule has 0 aliphatic heterocycles. The smallest absolute Gasteiger partial charge is 0.175 e. The lowest BCUT2D eigenvalue weighted by Crippen LogP contribution is -2.04. The van der Waals surface area contributed by atoms with E-state index < -0.39 is 9.84 Å². The van der Waals surface area contributed by atoms with Gasteiger partial charge in [0.1, 0.15) is 17.5 Å². The van der Waals surface area contributed by atoms with Gasteiger partial charge in [0.25, 0.3) is 0 Å². The zero-order valence-electron chi connectivity index (χ0n) is 12.2. The molecule has 0 amide bonds. The summed E-state index contributed by atoms with van der Waals surface area (Å²) in [5, 5.41) is 6.27. The van der Waals surface area contributed by atoms with Crippen LogP contribution in [-0.2, 0) is 9.84 Å². The fraction of sp³-hybridized carbons (Fsp3) is 0.286. The van der Waals surface area contributed by atoms with E-state index in [9.17, 15) is 8.42 Å². The summed E-state index contributed by atoms with van der Waals surface area (Å²) >= 11 is 0. The summed E-state index contributed by atoms with van der Waals surface area (Å²) in [5.74, 6) is 2.06. The summed E-state index contributed by atoms with van der Waals surface area (Å²) in [4.78, 5) is 8.86. The first-order chi connectivity index (χ1) is 9.88. The number of rotatable bonds is 5. The van der Waals surface area contributed by atoms with Crippen LogP contribution in [0.3, 0.4) is 0 Å². The molecule has 7 heteroatoms. The van der Waals surface area contributed by atoms with Crippen LogP contribution in [0.15, 0.2) is 35.2 Å². The highest BCUT2D eigenvalue weighted by molar-refractivity contribution is 7.90. The molecule has 0 radical (unpaired) electrons. The molecule has 0 bridgehead atoms. The van der Waals surface area contributed by atoms with E-state index >= 15 is 0 Å². The molecule has 0 fully saturated rings. The molecule has 0 aliphatic carbocycles. The zero-order chi connectivity index (χ0) is 15.5. The second kappa shape index (κ2) is 6.09. The third-order valence-corrected chi connectivity index (χ3v) is 3.88. The molecule has 0 atom stereocenters. The van der Waals surface area contributed by atoms with Gasteiger partial charge >= 0.3 is 0 Å². The summed E-state index contributed by atoms with van der Waals surface area (Å²) in [6.45, 7) is 4.59. The molecule has 112 valence electrons. The molecule has 0 spiro atoms. The van der Waals surface area contributed by atoms with E-state index in [1.54, 1.807) is 30.3 Å². The molecule has 1 aromatic carbocycles. The van der Waals surface area contributed by atoms with Gasteiger partial charge in [-0.15, -0.1) is 0 Å². The Hall–Kier alpha value is -2.15. The Kier molecular flexibility index (Phi) is 4.42. The molecule has 0 unspecified atom stereocenters. The van der Waals surface area contributed by atoms with Gasteiger partial charge in [0.15, 0.2) is 9.84 Å². The second-order valence-corrected chi connectivity index (χ2v) is 6.65. The topological polar surface area (TPSA) is 84.0 Å². The highest BCUT2D eigenvalue weighted by atomic mass is 32.2. The lowest BCUT2D eigenvalue weighted by molar-refractivity contribution is 0.602. The molecule has 2 rings (SSSR count). The van der Waals surface area contributed by atoms with Gasteiger partial charge in [-0.05, 0) is 38.1 Å². The number of aryl methyl sites for hydroxylation is 1. The zero-order valence-corrected chi connectivity index (χ0v) is 13.0. The number of hydrogen-bond acceptors (Lipinski definition) is 6. The van der Waals surface area contributed by atoms with Crippen LogP contribution >= 0.6 is 0 Å². The van der Waals surface area contributed by atoms with Crippen LogP contribution in [0.5, 0.6) is 0 Å². The summed E-state index contributed by atoms with van der Waals surface area (Å²) in [6.07, 6.45) is 1.19.